The Morgan fingerprint density at radius 3 is 2.35 bits per heavy atom. The van der Waals surface area contributed by atoms with Crippen LogP contribution in [-0.4, -0.2) is 4.98 Å². The van der Waals surface area contributed by atoms with Crippen molar-refractivity contribution in [3.05, 3.63) is 89.6 Å². The molecule has 26 heavy (non-hydrogen) atoms. The van der Waals surface area contributed by atoms with Crippen LogP contribution in [0, 0.1) is 6.92 Å². The zero-order valence-corrected chi connectivity index (χ0v) is 14.6. The van der Waals surface area contributed by atoms with Gasteiger partial charge in [0, 0.05) is 17.5 Å². The Hall–Kier alpha value is -3.19. The molecular weight excluding hydrogens is 314 g/mol. The normalized spacial score (nSPS) is 12.7. The second-order valence-electron chi connectivity index (χ2n) is 7.26. The number of hydrogen-bond acceptors (Lipinski definition) is 1. The maximum Gasteiger partial charge on any atom is 0.0718 e. The maximum absolute atomic E-state index is 4.95. The summed E-state index contributed by atoms with van der Waals surface area (Å²) >= 11 is 0. The van der Waals surface area contributed by atoms with Crippen LogP contribution in [-0.2, 0) is 6.42 Å². The Bertz CT molecular complexity index is 1360. The van der Waals surface area contributed by atoms with Crippen LogP contribution >= 0.6 is 0 Å². The number of benzene rings is 4. The molecule has 0 saturated heterocycles. The summed E-state index contributed by atoms with van der Waals surface area (Å²) in [6.07, 6.45) is 0.980. The fourth-order valence-corrected chi connectivity index (χ4v) is 4.57. The Labute approximate surface area is 151 Å². The summed E-state index contributed by atoms with van der Waals surface area (Å²) in [5.41, 5.74) is 7.84. The molecule has 0 fully saturated rings. The lowest BCUT2D eigenvalue weighted by molar-refractivity contribution is 1.14. The Morgan fingerprint density at radius 2 is 1.50 bits per heavy atom. The van der Waals surface area contributed by atoms with Crippen LogP contribution in [0.1, 0.15) is 16.8 Å². The SMILES string of the molecule is Cc1nc2ccc3ccccc3c2c2c1Cc1cc3ccccc3cc1-2. The predicted octanol–water partition coefficient (Wildman–Crippen LogP) is 6.42. The van der Waals surface area contributed by atoms with Crippen LogP contribution in [0.4, 0.5) is 0 Å². The summed E-state index contributed by atoms with van der Waals surface area (Å²) in [6, 6.07) is 26.4. The number of aromatic nitrogens is 1. The van der Waals surface area contributed by atoms with Gasteiger partial charge in [0.05, 0.1) is 5.52 Å². The second kappa shape index (κ2) is 4.92. The van der Waals surface area contributed by atoms with Crippen molar-refractivity contribution in [2.24, 2.45) is 0 Å². The summed E-state index contributed by atoms with van der Waals surface area (Å²) in [4.78, 5) is 4.95. The third kappa shape index (κ3) is 1.78. The van der Waals surface area contributed by atoms with E-state index >= 15 is 0 Å². The minimum atomic E-state index is 0.980. The molecule has 0 N–H and O–H groups in total. The van der Waals surface area contributed by atoms with Crippen LogP contribution in [0.15, 0.2) is 72.8 Å². The highest BCUT2D eigenvalue weighted by Crippen LogP contribution is 2.45. The molecule has 0 aliphatic heterocycles. The van der Waals surface area contributed by atoms with Crippen molar-refractivity contribution < 1.29 is 0 Å². The number of nitrogens with zero attached hydrogens (tertiary/aromatic N) is 1. The predicted molar refractivity (Wildman–Crippen MR) is 110 cm³/mol. The third-order valence-electron chi connectivity index (χ3n) is 5.79. The molecule has 1 nitrogen and oxygen atoms in total. The molecule has 0 radical (unpaired) electrons. The van der Waals surface area contributed by atoms with Crippen molar-refractivity contribution >= 4 is 32.4 Å². The van der Waals surface area contributed by atoms with Crippen LogP contribution < -0.4 is 0 Å². The van der Waals surface area contributed by atoms with Crippen molar-refractivity contribution in [3.63, 3.8) is 0 Å². The molecule has 0 unspecified atom stereocenters. The number of pyridine rings is 1. The van der Waals surface area contributed by atoms with E-state index in [2.05, 4.69) is 79.7 Å². The van der Waals surface area contributed by atoms with Gasteiger partial charge in [-0.25, -0.2) is 0 Å². The topological polar surface area (TPSA) is 12.9 Å². The molecule has 0 bridgehead atoms. The van der Waals surface area contributed by atoms with E-state index in [0.717, 1.165) is 17.6 Å². The van der Waals surface area contributed by atoms with E-state index in [9.17, 15) is 0 Å². The van der Waals surface area contributed by atoms with Gasteiger partial charge < -0.3 is 0 Å². The van der Waals surface area contributed by atoms with E-state index in [1.165, 1.54) is 49.2 Å². The highest BCUT2D eigenvalue weighted by Gasteiger charge is 2.25. The minimum absolute atomic E-state index is 0.980. The van der Waals surface area contributed by atoms with E-state index in [1.807, 2.05) is 0 Å². The molecule has 6 rings (SSSR count). The molecule has 122 valence electrons. The highest BCUT2D eigenvalue weighted by molar-refractivity contribution is 6.15. The zero-order chi connectivity index (χ0) is 17.3. The van der Waals surface area contributed by atoms with Gasteiger partial charge in [-0.15, -0.1) is 0 Å². The first-order chi connectivity index (χ1) is 12.8. The Kier molecular flexibility index (Phi) is 2.66. The fourth-order valence-electron chi connectivity index (χ4n) is 4.57. The second-order valence-corrected chi connectivity index (χ2v) is 7.26. The van der Waals surface area contributed by atoms with Gasteiger partial charge in [-0.3, -0.25) is 4.98 Å². The van der Waals surface area contributed by atoms with Crippen molar-refractivity contribution in [3.8, 4) is 11.1 Å². The van der Waals surface area contributed by atoms with Gasteiger partial charge >= 0.3 is 0 Å². The standard InChI is InChI=1S/C25H17N/c1-15-21-14-19-12-17-7-2-3-8-18(17)13-22(19)24(21)25-20-9-5-4-6-16(20)10-11-23(25)26-15/h2-13H,14H2,1H3. The molecular formula is C25H17N. The van der Waals surface area contributed by atoms with Crippen LogP contribution in [0.2, 0.25) is 0 Å². The number of hydrogen-bond donors (Lipinski definition) is 0. The van der Waals surface area contributed by atoms with Gasteiger partial charge in [0.25, 0.3) is 0 Å². The van der Waals surface area contributed by atoms with Crippen LogP contribution in [0.5, 0.6) is 0 Å². The van der Waals surface area contributed by atoms with Gasteiger partial charge in [-0.1, -0.05) is 60.7 Å². The lowest BCUT2D eigenvalue weighted by Gasteiger charge is -2.12. The first kappa shape index (κ1) is 14.0. The molecule has 0 atom stereocenters. The zero-order valence-electron chi connectivity index (χ0n) is 14.6. The van der Waals surface area contributed by atoms with E-state index in [0.29, 0.717) is 0 Å². The smallest absolute Gasteiger partial charge is 0.0718 e. The minimum Gasteiger partial charge on any atom is -0.253 e. The van der Waals surface area contributed by atoms with Gasteiger partial charge in [-0.05, 0) is 62.9 Å². The number of rotatable bonds is 0. The molecule has 1 heterocycles. The summed E-state index contributed by atoms with van der Waals surface area (Å²) in [6.45, 7) is 2.15. The molecule has 1 aromatic heterocycles. The molecule has 0 amide bonds. The van der Waals surface area contributed by atoms with Crippen molar-refractivity contribution in [1.82, 2.24) is 4.98 Å². The van der Waals surface area contributed by atoms with Gasteiger partial charge in [0.1, 0.15) is 0 Å². The molecule has 0 saturated carbocycles. The summed E-state index contributed by atoms with van der Waals surface area (Å²) < 4.78 is 0. The number of aryl methyl sites for hydroxylation is 1. The molecule has 1 aliphatic rings. The molecule has 4 aromatic carbocycles. The van der Waals surface area contributed by atoms with Crippen LogP contribution in [0.3, 0.4) is 0 Å². The molecule has 1 aliphatic carbocycles. The summed E-state index contributed by atoms with van der Waals surface area (Å²) in [5, 5.41) is 6.51. The van der Waals surface area contributed by atoms with Crippen molar-refractivity contribution in [1.29, 1.82) is 0 Å². The van der Waals surface area contributed by atoms with Gasteiger partial charge in [0.2, 0.25) is 0 Å². The lowest BCUT2D eigenvalue weighted by atomic mass is 9.94. The first-order valence-corrected chi connectivity index (χ1v) is 9.12. The average molecular weight is 331 g/mol. The maximum atomic E-state index is 4.95. The highest BCUT2D eigenvalue weighted by atomic mass is 14.7. The monoisotopic (exact) mass is 331 g/mol. The average Bonchev–Trinajstić information content (AvgIpc) is 3.05. The van der Waals surface area contributed by atoms with E-state index in [-0.39, 0.29) is 0 Å². The van der Waals surface area contributed by atoms with E-state index < -0.39 is 0 Å². The number of fused-ring (bicyclic) bond motifs is 8. The molecule has 0 spiro atoms. The third-order valence-corrected chi connectivity index (χ3v) is 5.79. The largest absolute Gasteiger partial charge is 0.253 e. The van der Waals surface area contributed by atoms with E-state index in [4.69, 9.17) is 4.98 Å². The van der Waals surface area contributed by atoms with Gasteiger partial charge in [-0.2, -0.15) is 0 Å². The summed E-state index contributed by atoms with van der Waals surface area (Å²) in [5.74, 6) is 0. The van der Waals surface area contributed by atoms with Crippen molar-refractivity contribution in [2.75, 3.05) is 0 Å². The quantitative estimate of drug-likeness (QED) is 0.293. The van der Waals surface area contributed by atoms with Crippen molar-refractivity contribution in [2.45, 2.75) is 13.3 Å². The first-order valence-electron chi connectivity index (χ1n) is 9.12. The summed E-state index contributed by atoms with van der Waals surface area (Å²) in [7, 11) is 0. The fraction of sp³-hybridized carbons (Fsp3) is 0.0800. The van der Waals surface area contributed by atoms with Gasteiger partial charge in [0.15, 0.2) is 0 Å². The Balaban J connectivity index is 1.83. The molecule has 1 heteroatoms. The van der Waals surface area contributed by atoms with E-state index in [1.54, 1.807) is 0 Å². The lowest BCUT2D eigenvalue weighted by Crippen LogP contribution is -1.94. The Morgan fingerprint density at radius 1 is 0.769 bits per heavy atom. The van der Waals surface area contributed by atoms with Crippen LogP contribution in [0.25, 0.3) is 43.6 Å². The molecule has 5 aromatic rings.